The van der Waals surface area contributed by atoms with Crippen LogP contribution in [-0.4, -0.2) is 26.7 Å². The molecule has 1 atom stereocenters. The van der Waals surface area contributed by atoms with E-state index in [9.17, 15) is 10.1 Å². The molecule has 0 bridgehead atoms. The minimum Gasteiger partial charge on any atom is -0.235 e. The molecule has 6 nitrogen and oxygen atoms in total. The highest BCUT2D eigenvalue weighted by Crippen LogP contribution is 2.36. The maximum absolute atomic E-state index is 10.3. The first-order valence-corrected chi connectivity index (χ1v) is 3.90. The molecule has 68 valence electrons. The lowest BCUT2D eigenvalue weighted by molar-refractivity contribution is -0.660. The second-order valence-corrected chi connectivity index (χ2v) is 4.36. The molecule has 0 amide bonds. The van der Waals surface area contributed by atoms with Crippen LogP contribution in [0.1, 0.15) is 0 Å². The van der Waals surface area contributed by atoms with Gasteiger partial charge in [-0.2, -0.15) is 10.2 Å². The van der Waals surface area contributed by atoms with Gasteiger partial charge in [-0.1, -0.05) is 39.8 Å². The van der Waals surface area contributed by atoms with Crippen molar-refractivity contribution in [3.8, 4) is 0 Å². The number of azo groups is 1. The zero-order valence-electron chi connectivity index (χ0n) is 5.52. The van der Waals surface area contributed by atoms with Crippen LogP contribution in [0, 0.1) is 10.1 Å². The van der Waals surface area contributed by atoms with Gasteiger partial charge >= 0.3 is 0 Å². The van der Waals surface area contributed by atoms with Gasteiger partial charge in [-0.15, -0.1) is 0 Å². The van der Waals surface area contributed by atoms with Crippen molar-refractivity contribution in [1.82, 2.24) is 5.01 Å². The summed E-state index contributed by atoms with van der Waals surface area (Å²) in [6, 6.07) is 0. The Morgan fingerprint density at radius 3 is 2.50 bits per heavy atom. The third-order valence-corrected chi connectivity index (χ3v) is 1.77. The molecule has 1 heterocycles. The number of hydrogen-bond acceptors (Lipinski definition) is 4. The van der Waals surface area contributed by atoms with Crippen molar-refractivity contribution in [1.29, 1.82) is 0 Å². The van der Waals surface area contributed by atoms with Gasteiger partial charge in [0.15, 0.2) is 11.7 Å². The molecule has 0 aromatic carbocycles. The Bertz CT molecular complexity index is 226. The van der Waals surface area contributed by atoms with Gasteiger partial charge < -0.3 is 0 Å². The molecule has 0 aromatic heterocycles. The van der Waals surface area contributed by atoms with Crippen LogP contribution in [0.4, 0.5) is 0 Å². The molecule has 1 aliphatic rings. The number of nitro groups is 1. The van der Waals surface area contributed by atoms with E-state index >= 15 is 0 Å². The van der Waals surface area contributed by atoms with E-state index in [-0.39, 0.29) is 6.67 Å². The van der Waals surface area contributed by atoms with Crippen molar-refractivity contribution in [3.63, 3.8) is 0 Å². The molecular weight excluding hydrogens is 230 g/mol. The van der Waals surface area contributed by atoms with Crippen molar-refractivity contribution >= 4 is 34.8 Å². The maximum Gasteiger partial charge on any atom is 0.248 e. The summed E-state index contributed by atoms with van der Waals surface area (Å²) in [5, 5.41) is 17.1. The van der Waals surface area contributed by atoms with Crippen molar-refractivity contribution < 1.29 is 5.03 Å². The smallest absolute Gasteiger partial charge is 0.235 e. The molecular formula is C3H3Cl3N4O2. The van der Waals surface area contributed by atoms with Gasteiger partial charge in [0.25, 0.3) is 0 Å². The Kier molecular flexibility index (Phi) is 2.60. The zero-order chi connectivity index (χ0) is 9.35. The fraction of sp³-hybridized carbons (Fsp3) is 1.00. The topological polar surface area (TPSA) is 71.1 Å². The average molecular weight is 233 g/mol. The van der Waals surface area contributed by atoms with E-state index in [1.165, 1.54) is 0 Å². The Balaban J connectivity index is 2.76. The molecule has 0 aliphatic carbocycles. The normalized spacial score (nSPS) is 23.2. The van der Waals surface area contributed by atoms with Crippen LogP contribution in [0.5, 0.6) is 0 Å². The number of hydrogen-bond donors (Lipinski definition) is 0. The molecule has 0 N–H and O–H groups in total. The summed E-state index contributed by atoms with van der Waals surface area (Å²) in [5.74, 6) is 0. The van der Waals surface area contributed by atoms with Crippen LogP contribution in [0.25, 0.3) is 0 Å². The minimum atomic E-state index is -1.83. The van der Waals surface area contributed by atoms with Crippen LogP contribution in [0.2, 0.25) is 0 Å². The van der Waals surface area contributed by atoms with Crippen molar-refractivity contribution in [2.75, 3.05) is 6.67 Å². The maximum atomic E-state index is 10.3. The summed E-state index contributed by atoms with van der Waals surface area (Å²) in [5.41, 5.74) is 0. The number of rotatable bonds is 1. The van der Waals surface area contributed by atoms with Crippen LogP contribution < -0.4 is 0 Å². The third kappa shape index (κ3) is 1.88. The molecule has 0 aromatic rings. The summed E-state index contributed by atoms with van der Waals surface area (Å²) >= 11 is 16.2. The quantitative estimate of drug-likeness (QED) is 0.392. The lowest BCUT2D eigenvalue weighted by Crippen LogP contribution is -2.42. The van der Waals surface area contributed by atoms with Crippen LogP contribution in [0.15, 0.2) is 10.2 Å². The summed E-state index contributed by atoms with van der Waals surface area (Å²) in [6.07, 6.45) is -1.14. The van der Waals surface area contributed by atoms with E-state index in [4.69, 9.17) is 34.8 Å². The van der Waals surface area contributed by atoms with Crippen LogP contribution in [-0.2, 0) is 0 Å². The predicted molar refractivity (Wildman–Crippen MR) is 42.6 cm³/mol. The summed E-state index contributed by atoms with van der Waals surface area (Å²) < 4.78 is -1.83. The van der Waals surface area contributed by atoms with Crippen LogP contribution >= 0.6 is 34.8 Å². The summed E-state index contributed by atoms with van der Waals surface area (Å²) in [7, 11) is 0. The first-order chi connectivity index (χ1) is 5.43. The van der Waals surface area contributed by atoms with Gasteiger partial charge in [-0.3, -0.25) is 0 Å². The van der Waals surface area contributed by atoms with Gasteiger partial charge in [0.05, 0.1) is 0 Å². The lowest BCUT2D eigenvalue weighted by atomic mass is 10.6. The van der Waals surface area contributed by atoms with Gasteiger partial charge in [0.1, 0.15) is 0 Å². The lowest BCUT2D eigenvalue weighted by Gasteiger charge is -2.19. The second kappa shape index (κ2) is 3.20. The molecule has 1 unspecified atom stereocenters. The summed E-state index contributed by atoms with van der Waals surface area (Å²) in [4.78, 5) is 10.3. The monoisotopic (exact) mass is 232 g/mol. The van der Waals surface area contributed by atoms with E-state index < -0.39 is 15.0 Å². The third-order valence-electron chi connectivity index (χ3n) is 1.18. The molecule has 1 rings (SSSR count). The molecule has 0 saturated heterocycles. The molecule has 1 aliphatic heterocycles. The highest BCUT2D eigenvalue weighted by atomic mass is 35.6. The highest BCUT2D eigenvalue weighted by molar-refractivity contribution is 6.68. The molecule has 0 radical (unpaired) electrons. The van der Waals surface area contributed by atoms with Gasteiger partial charge in [-0.05, 0) is 0 Å². The largest absolute Gasteiger partial charge is 0.248 e. The Morgan fingerprint density at radius 2 is 2.17 bits per heavy atom. The van der Waals surface area contributed by atoms with Gasteiger partial charge in [0.2, 0.25) is 9.96 Å². The molecule has 0 saturated carbocycles. The standard InChI is InChI=1S/C3H3Cl3N4O2/c4-3(5,6)2-8-7-1-9(2)10(11)12/h2H,1H2. The van der Waals surface area contributed by atoms with Gasteiger partial charge in [-0.25, -0.2) is 10.1 Å². The second-order valence-electron chi connectivity index (χ2n) is 1.99. The molecule has 0 spiro atoms. The summed E-state index contributed by atoms with van der Waals surface area (Å²) in [6.45, 7) is -0.189. The predicted octanol–water partition coefficient (Wildman–Crippen LogP) is 1.60. The average Bonchev–Trinajstić information content (AvgIpc) is 2.30. The highest BCUT2D eigenvalue weighted by Gasteiger charge is 2.45. The first-order valence-electron chi connectivity index (χ1n) is 2.77. The number of alkyl halides is 3. The minimum absolute atomic E-state index is 0.189. The Labute approximate surface area is 82.2 Å². The number of halogens is 3. The van der Waals surface area contributed by atoms with Crippen molar-refractivity contribution in [2.24, 2.45) is 10.2 Å². The van der Waals surface area contributed by atoms with Crippen molar-refractivity contribution in [3.05, 3.63) is 10.1 Å². The Morgan fingerprint density at radius 1 is 1.58 bits per heavy atom. The van der Waals surface area contributed by atoms with Crippen molar-refractivity contribution in [2.45, 2.75) is 9.96 Å². The molecule has 12 heavy (non-hydrogen) atoms. The fourth-order valence-electron chi connectivity index (χ4n) is 0.691. The number of hydrazine groups is 1. The zero-order valence-corrected chi connectivity index (χ0v) is 7.79. The first kappa shape index (κ1) is 9.76. The molecule has 0 fully saturated rings. The van der Waals surface area contributed by atoms with Gasteiger partial charge in [0, 0.05) is 0 Å². The fourth-order valence-corrected chi connectivity index (χ4v) is 1.16. The number of nitrogens with zero attached hydrogens (tertiary/aromatic N) is 4. The van der Waals surface area contributed by atoms with E-state index in [1.807, 2.05) is 0 Å². The van der Waals surface area contributed by atoms with E-state index in [0.29, 0.717) is 5.01 Å². The van der Waals surface area contributed by atoms with E-state index in [1.54, 1.807) is 0 Å². The van der Waals surface area contributed by atoms with E-state index in [2.05, 4.69) is 10.2 Å². The van der Waals surface area contributed by atoms with E-state index in [0.717, 1.165) is 0 Å². The SMILES string of the molecule is O=[N+]([O-])N1CN=NC1C(Cl)(Cl)Cl. The molecule has 9 heteroatoms. The Hall–Kier alpha value is -0.330. The van der Waals surface area contributed by atoms with Crippen LogP contribution in [0.3, 0.4) is 0 Å².